The molecular weight excluding hydrogens is 200 g/mol. The SMILES string of the molecule is NCC1CCCCC1COc1ccncc1. The standard InChI is InChI=1S/C13H20N2O/c14-9-11-3-1-2-4-12(11)10-16-13-5-7-15-8-6-13/h5-8,11-12H,1-4,9-10,14H2. The molecule has 2 unspecified atom stereocenters. The van der Waals surface area contributed by atoms with Crippen LogP contribution in [-0.2, 0) is 0 Å². The van der Waals surface area contributed by atoms with E-state index < -0.39 is 0 Å². The molecule has 0 radical (unpaired) electrons. The van der Waals surface area contributed by atoms with Crippen LogP contribution in [-0.4, -0.2) is 18.1 Å². The summed E-state index contributed by atoms with van der Waals surface area (Å²) < 4.78 is 5.78. The smallest absolute Gasteiger partial charge is 0.122 e. The number of nitrogens with zero attached hydrogens (tertiary/aromatic N) is 1. The van der Waals surface area contributed by atoms with Gasteiger partial charge in [-0.3, -0.25) is 4.98 Å². The fraction of sp³-hybridized carbons (Fsp3) is 0.615. The van der Waals surface area contributed by atoms with Crippen molar-refractivity contribution in [1.82, 2.24) is 4.98 Å². The second-order valence-electron chi connectivity index (χ2n) is 4.53. The lowest BCUT2D eigenvalue weighted by atomic mass is 9.80. The Kier molecular flexibility index (Phi) is 4.17. The quantitative estimate of drug-likeness (QED) is 0.846. The molecule has 0 spiro atoms. The second kappa shape index (κ2) is 5.85. The fourth-order valence-electron chi connectivity index (χ4n) is 2.45. The lowest BCUT2D eigenvalue weighted by Gasteiger charge is -2.30. The van der Waals surface area contributed by atoms with Crippen LogP contribution in [0.3, 0.4) is 0 Å². The van der Waals surface area contributed by atoms with Crippen LogP contribution in [0, 0.1) is 11.8 Å². The van der Waals surface area contributed by atoms with Crippen LogP contribution in [0.1, 0.15) is 25.7 Å². The van der Waals surface area contributed by atoms with Gasteiger partial charge in [-0.05, 0) is 43.4 Å². The van der Waals surface area contributed by atoms with Crippen molar-refractivity contribution in [1.29, 1.82) is 0 Å². The topological polar surface area (TPSA) is 48.1 Å². The Labute approximate surface area is 97.0 Å². The molecule has 88 valence electrons. The van der Waals surface area contributed by atoms with E-state index >= 15 is 0 Å². The average molecular weight is 220 g/mol. The number of nitrogens with two attached hydrogens (primary N) is 1. The molecule has 0 amide bonds. The maximum atomic E-state index is 5.80. The van der Waals surface area contributed by atoms with Gasteiger partial charge < -0.3 is 10.5 Å². The van der Waals surface area contributed by atoms with Crippen LogP contribution in [0.2, 0.25) is 0 Å². The van der Waals surface area contributed by atoms with Gasteiger partial charge in [0.05, 0.1) is 6.61 Å². The first-order chi connectivity index (χ1) is 7.90. The minimum absolute atomic E-state index is 0.631. The molecule has 1 aliphatic rings. The van der Waals surface area contributed by atoms with E-state index in [-0.39, 0.29) is 0 Å². The van der Waals surface area contributed by atoms with E-state index in [1.54, 1.807) is 12.4 Å². The molecule has 3 nitrogen and oxygen atoms in total. The van der Waals surface area contributed by atoms with Crippen LogP contribution in [0.4, 0.5) is 0 Å². The minimum Gasteiger partial charge on any atom is -0.493 e. The van der Waals surface area contributed by atoms with E-state index in [0.717, 1.165) is 18.9 Å². The molecule has 2 N–H and O–H groups in total. The molecule has 1 aromatic rings. The fourth-order valence-corrected chi connectivity index (χ4v) is 2.45. The van der Waals surface area contributed by atoms with Crippen molar-refractivity contribution in [3.63, 3.8) is 0 Å². The third-order valence-corrected chi connectivity index (χ3v) is 3.48. The minimum atomic E-state index is 0.631. The van der Waals surface area contributed by atoms with Crippen molar-refractivity contribution in [3.05, 3.63) is 24.5 Å². The van der Waals surface area contributed by atoms with Crippen molar-refractivity contribution in [2.45, 2.75) is 25.7 Å². The van der Waals surface area contributed by atoms with Crippen molar-refractivity contribution >= 4 is 0 Å². The van der Waals surface area contributed by atoms with Crippen LogP contribution in [0.15, 0.2) is 24.5 Å². The molecule has 1 fully saturated rings. The van der Waals surface area contributed by atoms with Crippen molar-refractivity contribution in [2.24, 2.45) is 17.6 Å². The lowest BCUT2D eigenvalue weighted by Crippen LogP contribution is -2.30. The highest BCUT2D eigenvalue weighted by Crippen LogP contribution is 2.29. The van der Waals surface area contributed by atoms with Gasteiger partial charge in [-0.2, -0.15) is 0 Å². The number of aromatic nitrogens is 1. The normalized spacial score (nSPS) is 25.3. The second-order valence-corrected chi connectivity index (χ2v) is 4.53. The Balaban J connectivity index is 1.84. The zero-order valence-electron chi connectivity index (χ0n) is 9.64. The summed E-state index contributed by atoms with van der Waals surface area (Å²) in [5.74, 6) is 2.19. The lowest BCUT2D eigenvalue weighted by molar-refractivity contribution is 0.153. The molecule has 0 aromatic carbocycles. The van der Waals surface area contributed by atoms with Crippen LogP contribution in [0.25, 0.3) is 0 Å². The molecule has 1 heterocycles. The summed E-state index contributed by atoms with van der Waals surface area (Å²) in [5, 5.41) is 0. The Hall–Kier alpha value is -1.09. The zero-order chi connectivity index (χ0) is 11.2. The van der Waals surface area contributed by atoms with Crippen molar-refractivity contribution < 1.29 is 4.74 Å². The highest BCUT2D eigenvalue weighted by Gasteiger charge is 2.24. The molecular formula is C13H20N2O. The Bertz CT molecular complexity index is 302. The summed E-state index contributed by atoms with van der Waals surface area (Å²) in [7, 11) is 0. The Morgan fingerprint density at radius 1 is 1.19 bits per heavy atom. The molecule has 16 heavy (non-hydrogen) atoms. The first-order valence-electron chi connectivity index (χ1n) is 6.13. The van der Waals surface area contributed by atoms with E-state index in [1.807, 2.05) is 12.1 Å². The van der Waals surface area contributed by atoms with Crippen LogP contribution >= 0.6 is 0 Å². The predicted octanol–water partition coefficient (Wildman–Crippen LogP) is 2.23. The predicted molar refractivity (Wildman–Crippen MR) is 64.2 cm³/mol. The summed E-state index contributed by atoms with van der Waals surface area (Å²) in [6, 6.07) is 3.81. The number of rotatable bonds is 4. The van der Waals surface area contributed by atoms with E-state index in [9.17, 15) is 0 Å². The summed E-state index contributed by atoms with van der Waals surface area (Å²) in [5.41, 5.74) is 5.80. The van der Waals surface area contributed by atoms with Gasteiger partial charge >= 0.3 is 0 Å². The monoisotopic (exact) mass is 220 g/mol. The van der Waals surface area contributed by atoms with Crippen LogP contribution < -0.4 is 10.5 Å². The molecule has 0 saturated heterocycles. The van der Waals surface area contributed by atoms with E-state index in [2.05, 4.69) is 4.98 Å². The summed E-state index contributed by atoms with van der Waals surface area (Å²) in [4.78, 5) is 3.97. The van der Waals surface area contributed by atoms with Crippen molar-refractivity contribution in [2.75, 3.05) is 13.2 Å². The number of ether oxygens (including phenoxy) is 1. The summed E-state index contributed by atoms with van der Waals surface area (Å²) >= 11 is 0. The van der Waals surface area contributed by atoms with E-state index in [4.69, 9.17) is 10.5 Å². The molecule has 0 bridgehead atoms. The number of hydrogen-bond donors (Lipinski definition) is 1. The molecule has 0 aliphatic heterocycles. The molecule has 2 atom stereocenters. The molecule has 1 saturated carbocycles. The average Bonchev–Trinajstić information content (AvgIpc) is 2.38. The van der Waals surface area contributed by atoms with Crippen LogP contribution in [0.5, 0.6) is 5.75 Å². The van der Waals surface area contributed by atoms with Gasteiger partial charge in [0, 0.05) is 12.4 Å². The van der Waals surface area contributed by atoms with E-state index in [0.29, 0.717) is 11.8 Å². The van der Waals surface area contributed by atoms with Gasteiger partial charge in [-0.1, -0.05) is 12.8 Å². The van der Waals surface area contributed by atoms with Gasteiger partial charge in [0.15, 0.2) is 0 Å². The third kappa shape index (κ3) is 2.95. The van der Waals surface area contributed by atoms with Crippen molar-refractivity contribution in [3.8, 4) is 5.75 Å². The highest BCUT2D eigenvalue weighted by atomic mass is 16.5. The zero-order valence-corrected chi connectivity index (χ0v) is 9.64. The van der Waals surface area contributed by atoms with E-state index in [1.165, 1.54) is 25.7 Å². The maximum Gasteiger partial charge on any atom is 0.122 e. The molecule has 1 aromatic heterocycles. The number of hydrogen-bond acceptors (Lipinski definition) is 3. The molecule has 3 heteroatoms. The Morgan fingerprint density at radius 2 is 1.88 bits per heavy atom. The van der Waals surface area contributed by atoms with Gasteiger partial charge in [0.1, 0.15) is 5.75 Å². The third-order valence-electron chi connectivity index (χ3n) is 3.48. The van der Waals surface area contributed by atoms with Gasteiger partial charge in [0.25, 0.3) is 0 Å². The largest absolute Gasteiger partial charge is 0.493 e. The van der Waals surface area contributed by atoms with Gasteiger partial charge in [-0.25, -0.2) is 0 Å². The first-order valence-corrected chi connectivity index (χ1v) is 6.13. The Morgan fingerprint density at radius 3 is 2.56 bits per heavy atom. The molecule has 2 rings (SSSR count). The molecule has 1 aliphatic carbocycles. The maximum absolute atomic E-state index is 5.80. The summed E-state index contributed by atoms with van der Waals surface area (Å²) in [6.45, 7) is 1.59. The van der Waals surface area contributed by atoms with Gasteiger partial charge in [-0.15, -0.1) is 0 Å². The first kappa shape index (κ1) is 11.4. The number of pyridine rings is 1. The summed E-state index contributed by atoms with van der Waals surface area (Å²) in [6.07, 6.45) is 8.69. The highest BCUT2D eigenvalue weighted by molar-refractivity contribution is 5.16. The van der Waals surface area contributed by atoms with Gasteiger partial charge in [0.2, 0.25) is 0 Å².